The highest BCUT2D eigenvalue weighted by molar-refractivity contribution is 7.93. The number of fused-ring (bicyclic) bond motifs is 1. The fraction of sp³-hybridized carbons (Fsp3) is 0.400. The summed E-state index contributed by atoms with van der Waals surface area (Å²) in [6.07, 6.45) is 0. The zero-order valence-electron chi connectivity index (χ0n) is 7.41. The molecule has 0 bridgehead atoms. The third-order valence-corrected chi connectivity index (χ3v) is 4.02. The van der Waals surface area contributed by atoms with Crippen molar-refractivity contribution in [2.24, 2.45) is 0 Å². The van der Waals surface area contributed by atoms with E-state index >= 15 is 0 Å². The van der Waals surface area contributed by atoms with Crippen LogP contribution in [-0.4, -0.2) is 5.25 Å². The number of rotatable bonds is 1. The molecule has 2 rings (SSSR count). The predicted octanol–water partition coefficient (Wildman–Crippen LogP) is 2.52. The SMILES string of the molecule is CC(C)[S+]1OCc2ccccc21. The first kappa shape index (κ1) is 8.14. The van der Waals surface area contributed by atoms with Crippen molar-refractivity contribution in [2.75, 3.05) is 0 Å². The van der Waals surface area contributed by atoms with Gasteiger partial charge in [0.25, 0.3) is 0 Å². The lowest BCUT2D eigenvalue weighted by molar-refractivity contribution is 0.365. The molecule has 64 valence electrons. The van der Waals surface area contributed by atoms with E-state index in [4.69, 9.17) is 4.18 Å². The Labute approximate surface area is 76.3 Å². The summed E-state index contributed by atoms with van der Waals surface area (Å²) in [6, 6.07) is 8.52. The zero-order chi connectivity index (χ0) is 8.55. The maximum absolute atomic E-state index is 5.71. The molecule has 0 amide bonds. The fourth-order valence-electron chi connectivity index (χ4n) is 1.40. The van der Waals surface area contributed by atoms with Crippen molar-refractivity contribution in [3.63, 3.8) is 0 Å². The van der Waals surface area contributed by atoms with Gasteiger partial charge in [-0.05, 0) is 19.9 Å². The van der Waals surface area contributed by atoms with Gasteiger partial charge in [0.15, 0.2) is 21.3 Å². The first-order chi connectivity index (χ1) is 5.79. The van der Waals surface area contributed by atoms with Gasteiger partial charge in [-0.25, -0.2) is 0 Å². The molecule has 1 aliphatic heterocycles. The van der Waals surface area contributed by atoms with E-state index in [1.807, 2.05) is 0 Å². The van der Waals surface area contributed by atoms with Crippen LogP contribution in [0.4, 0.5) is 0 Å². The normalized spacial score (nSPS) is 21.4. The molecule has 1 atom stereocenters. The molecule has 1 aliphatic rings. The quantitative estimate of drug-likeness (QED) is 0.605. The van der Waals surface area contributed by atoms with E-state index in [0.29, 0.717) is 5.25 Å². The van der Waals surface area contributed by atoms with E-state index in [0.717, 1.165) is 6.61 Å². The minimum absolute atomic E-state index is 0.0460. The van der Waals surface area contributed by atoms with Crippen LogP contribution in [0.2, 0.25) is 0 Å². The second-order valence-electron chi connectivity index (χ2n) is 3.22. The summed E-state index contributed by atoms with van der Waals surface area (Å²) in [5, 5.41) is 0.605. The van der Waals surface area contributed by atoms with Crippen LogP contribution < -0.4 is 0 Å². The van der Waals surface area contributed by atoms with E-state index in [2.05, 4.69) is 38.1 Å². The Balaban J connectivity index is 2.36. The molecular weight excluding hydrogens is 168 g/mol. The van der Waals surface area contributed by atoms with Crippen molar-refractivity contribution in [1.29, 1.82) is 0 Å². The molecule has 1 nitrogen and oxygen atoms in total. The highest BCUT2D eigenvalue weighted by Crippen LogP contribution is 2.31. The van der Waals surface area contributed by atoms with Crippen LogP contribution >= 0.6 is 0 Å². The summed E-state index contributed by atoms with van der Waals surface area (Å²) in [5.74, 6) is 0. The molecule has 0 aromatic heterocycles. The third-order valence-electron chi connectivity index (χ3n) is 1.96. The lowest BCUT2D eigenvalue weighted by atomic mass is 10.2. The summed E-state index contributed by atoms with van der Waals surface area (Å²) in [5.41, 5.74) is 1.37. The van der Waals surface area contributed by atoms with Crippen LogP contribution in [0, 0.1) is 0 Å². The van der Waals surface area contributed by atoms with E-state index in [1.54, 1.807) is 0 Å². The Hall–Kier alpha value is -0.470. The van der Waals surface area contributed by atoms with Crippen molar-refractivity contribution in [2.45, 2.75) is 30.6 Å². The van der Waals surface area contributed by atoms with Crippen molar-refractivity contribution in [3.8, 4) is 0 Å². The van der Waals surface area contributed by atoms with Crippen molar-refractivity contribution in [3.05, 3.63) is 29.8 Å². The van der Waals surface area contributed by atoms with Gasteiger partial charge in [0.1, 0.15) is 6.61 Å². The molecular formula is C10H13OS+. The van der Waals surface area contributed by atoms with Gasteiger partial charge in [0, 0.05) is 5.56 Å². The maximum atomic E-state index is 5.71. The Bertz CT molecular complexity index is 283. The van der Waals surface area contributed by atoms with Crippen LogP contribution in [0.15, 0.2) is 29.2 Å². The van der Waals surface area contributed by atoms with Gasteiger partial charge in [-0.3, -0.25) is 0 Å². The van der Waals surface area contributed by atoms with Crippen LogP contribution in [-0.2, 0) is 22.0 Å². The molecule has 1 heterocycles. The van der Waals surface area contributed by atoms with Gasteiger partial charge < -0.3 is 0 Å². The van der Waals surface area contributed by atoms with E-state index in [9.17, 15) is 0 Å². The van der Waals surface area contributed by atoms with Crippen molar-refractivity contribution in [1.82, 2.24) is 0 Å². The third kappa shape index (κ3) is 1.25. The average Bonchev–Trinajstić information content (AvgIpc) is 2.47. The minimum Gasteiger partial charge on any atom is -0.163 e. The lowest BCUT2D eigenvalue weighted by Crippen LogP contribution is -2.12. The van der Waals surface area contributed by atoms with Gasteiger partial charge in [-0.2, -0.15) is 4.18 Å². The highest BCUT2D eigenvalue weighted by Gasteiger charge is 2.37. The maximum Gasteiger partial charge on any atom is 0.196 e. The predicted molar refractivity (Wildman–Crippen MR) is 52.0 cm³/mol. The van der Waals surface area contributed by atoms with Gasteiger partial charge >= 0.3 is 0 Å². The van der Waals surface area contributed by atoms with E-state index in [1.165, 1.54) is 10.5 Å². The molecule has 0 N–H and O–H groups in total. The topological polar surface area (TPSA) is 9.23 Å². The van der Waals surface area contributed by atoms with E-state index < -0.39 is 0 Å². The summed E-state index contributed by atoms with van der Waals surface area (Å²) in [6.45, 7) is 5.23. The molecule has 0 fully saturated rings. The number of benzene rings is 1. The largest absolute Gasteiger partial charge is 0.196 e. The summed E-state index contributed by atoms with van der Waals surface area (Å²) in [4.78, 5) is 1.41. The molecule has 0 saturated carbocycles. The standard InChI is InChI=1S/C10H13OS/c1-8(2)12-10-6-4-3-5-9(10)7-11-12/h3-6,8H,7H2,1-2H3/q+1. The number of hydrogen-bond donors (Lipinski definition) is 0. The Morgan fingerprint density at radius 1 is 1.33 bits per heavy atom. The van der Waals surface area contributed by atoms with Gasteiger partial charge in [-0.1, -0.05) is 18.2 Å². The molecule has 1 aromatic rings. The molecule has 2 heteroatoms. The molecule has 0 radical (unpaired) electrons. The molecule has 1 aromatic carbocycles. The van der Waals surface area contributed by atoms with Crippen molar-refractivity contribution >= 4 is 11.2 Å². The van der Waals surface area contributed by atoms with Crippen LogP contribution in [0.1, 0.15) is 19.4 Å². The molecule has 0 aliphatic carbocycles. The zero-order valence-corrected chi connectivity index (χ0v) is 8.23. The fourth-order valence-corrected chi connectivity index (χ4v) is 3.16. The van der Waals surface area contributed by atoms with Crippen LogP contribution in [0.25, 0.3) is 0 Å². The highest BCUT2D eigenvalue weighted by atomic mass is 32.2. The summed E-state index contributed by atoms with van der Waals surface area (Å²) >= 11 is 0.0460. The van der Waals surface area contributed by atoms with Crippen LogP contribution in [0.3, 0.4) is 0 Å². The Morgan fingerprint density at radius 3 is 2.83 bits per heavy atom. The molecule has 1 unspecified atom stereocenters. The molecule has 12 heavy (non-hydrogen) atoms. The smallest absolute Gasteiger partial charge is 0.163 e. The Kier molecular flexibility index (Phi) is 2.11. The monoisotopic (exact) mass is 181 g/mol. The second-order valence-corrected chi connectivity index (χ2v) is 5.43. The molecule has 0 spiro atoms. The van der Waals surface area contributed by atoms with Gasteiger partial charge in [0.05, 0.1) is 0 Å². The van der Waals surface area contributed by atoms with Crippen LogP contribution in [0.5, 0.6) is 0 Å². The summed E-state index contributed by atoms with van der Waals surface area (Å²) < 4.78 is 5.71. The van der Waals surface area contributed by atoms with Crippen molar-refractivity contribution < 1.29 is 4.18 Å². The Morgan fingerprint density at radius 2 is 2.08 bits per heavy atom. The number of hydrogen-bond acceptors (Lipinski definition) is 1. The van der Waals surface area contributed by atoms with Gasteiger partial charge in [0.2, 0.25) is 0 Å². The first-order valence-corrected chi connectivity index (χ1v) is 5.44. The average molecular weight is 181 g/mol. The second kappa shape index (κ2) is 3.11. The summed E-state index contributed by atoms with van der Waals surface area (Å²) in [7, 11) is 0. The molecule has 0 saturated heterocycles. The van der Waals surface area contributed by atoms with Gasteiger partial charge in [-0.15, -0.1) is 0 Å². The first-order valence-electron chi connectivity index (χ1n) is 4.23. The lowest BCUT2D eigenvalue weighted by Gasteiger charge is -2.01. The minimum atomic E-state index is 0.0460. The van der Waals surface area contributed by atoms with E-state index in [-0.39, 0.29) is 11.2 Å².